The van der Waals surface area contributed by atoms with E-state index in [0.717, 1.165) is 0 Å². The largest absolute Gasteiger partial charge is 0.480 e. The summed E-state index contributed by atoms with van der Waals surface area (Å²) in [5.74, 6) is -1.78. The van der Waals surface area contributed by atoms with E-state index in [1.54, 1.807) is 0 Å². The van der Waals surface area contributed by atoms with E-state index in [1.807, 2.05) is 6.92 Å². The third-order valence-corrected chi connectivity index (χ3v) is 3.11. The van der Waals surface area contributed by atoms with Crippen molar-refractivity contribution in [1.29, 1.82) is 0 Å². The zero-order valence-corrected chi connectivity index (χ0v) is 10.7. The maximum Gasteiger partial charge on any atom is 0.325 e. The number of ether oxygens (including phenoxy) is 1. The van der Waals surface area contributed by atoms with Crippen LogP contribution in [0.3, 0.4) is 0 Å². The Balaban J connectivity index is 2.57. The Morgan fingerprint density at radius 2 is 2.00 bits per heavy atom. The van der Waals surface area contributed by atoms with E-state index in [0.29, 0.717) is 6.54 Å². The standard InChI is InChI=1S/C11H18N2O5/c1-6-4-13(5-8(6)10(16)18-3)11(17)12-7(2)9(14)15/h6-8H,4-5H2,1-3H3,(H,12,17)(H,14,15). The molecule has 7 nitrogen and oxygen atoms in total. The summed E-state index contributed by atoms with van der Waals surface area (Å²) >= 11 is 0. The summed E-state index contributed by atoms with van der Waals surface area (Å²) in [7, 11) is 1.31. The Labute approximate surface area is 105 Å². The van der Waals surface area contributed by atoms with E-state index >= 15 is 0 Å². The van der Waals surface area contributed by atoms with Crippen molar-refractivity contribution in [2.24, 2.45) is 11.8 Å². The van der Waals surface area contributed by atoms with E-state index in [2.05, 4.69) is 10.1 Å². The number of carboxylic acids is 1. The van der Waals surface area contributed by atoms with Gasteiger partial charge in [0.2, 0.25) is 0 Å². The van der Waals surface area contributed by atoms with Gasteiger partial charge in [0.05, 0.1) is 13.0 Å². The highest BCUT2D eigenvalue weighted by atomic mass is 16.5. The van der Waals surface area contributed by atoms with Crippen molar-refractivity contribution in [3.63, 3.8) is 0 Å². The topological polar surface area (TPSA) is 95.9 Å². The third-order valence-electron chi connectivity index (χ3n) is 3.11. The van der Waals surface area contributed by atoms with Crippen LogP contribution in [0.4, 0.5) is 4.79 Å². The fourth-order valence-electron chi connectivity index (χ4n) is 1.93. The maximum atomic E-state index is 11.8. The molecule has 1 aliphatic rings. The molecular weight excluding hydrogens is 240 g/mol. The van der Waals surface area contributed by atoms with Crippen LogP contribution in [0.15, 0.2) is 0 Å². The van der Waals surface area contributed by atoms with Crippen molar-refractivity contribution in [1.82, 2.24) is 10.2 Å². The Morgan fingerprint density at radius 1 is 1.39 bits per heavy atom. The maximum absolute atomic E-state index is 11.8. The Hall–Kier alpha value is -1.79. The van der Waals surface area contributed by atoms with Crippen LogP contribution in [0.2, 0.25) is 0 Å². The lowest BCUT2D eigenvalue weighted by atomic mass is 9.99. The van der Waals surface area contributed by atoms with Gasteiger partial charge in [0.15, 0.2) is 0 Å². The molecule has 0 saturated carbocycles. The zero-order chi connectivity index (χ0) is 13.9. The van der Waals surface area contributed by atoms with Gasteiger partial charge in [0.1, 0.15) is 6.04 Å². The number of nitrogens with zero attached hydrogens (tertiary/aromatic N) is 1. The summed E-state index contributed by atoms with van der Waals surface area (Å²) in [6.07, 6.45) is 0. The average Bonchev–Trinajstić information content (AvgIpc) is 2.70. The molecule has 1 rings (SSSR count). The van der Waals surface area contributed by atoms with Gasteiger partial charge < -0.3 is 20.1 Å². The summed E-state index contributed by atoms with van der Waals surface area (Å²) in [4.78, 5) is 35.3. The number of aliphatic carboxylic acids is 1. The highest BCUT2D eigenvalue weighted by Crippen LogP contribution is 2.23. The molecule has 1 saturated heterocycles. The van der Waals surface area contributed by atoms with Gasteiger partial charge in [-0.2, -0.15) is 0 Å². The molecule has 102 valence electrons. The first-order valence-electron chi connectivity index (χ1n) is 5.72. The van der Waals surface area contributed by atoms with E-state index in [4.69, 9.17) is 5.11 Å². The minimum absolute atomic E-state index is 0.00309. The van der Waals surface area contributed by atoms with Crippen molar-refractivity contribution in [3.8, 4) is 0 Å². The number of rotatable bonds is 3. The van der Waals surface area contributed by atoms with Crippen LogP contribution < -0.4 is 5.32 Å². The molecule has 1 aliphatic heterocycles. The molecule has 18 heavy (non-hydrogen) atoms. The second kappa shape index (κ2) is 5.70. The van der Waals surface area contributed by atoms with Gasteiger partial charge in [0.25, 0.3) is 0 Å². The van der Waals surface area contributed by atoms with E-state index in [1.165, 1.54) is 18.9 Å². The number of carboxylic acid groups (broad SMARTS) is 1. The lowest BCUT2D eigenvalue weighted by Crippen LogP contribution is -2.46. The Morgan fingerprint density at radius 3 is 2.50 bits per heavy atom. The first kappa shape index (κ1) is 14.3. The molecule has 0 aromatic heterocycles. The van der Waals surface area contributed by atoms with E-state index < -0.39 is 18.0 Å². The van der Waals surface area contributed by atoms with Gasteiger partial charge >= 0.3 is 18.0 Å². The number of esters is 1. The third kappa shape index (κ3) is 3.12. The Kier molecular flexibility index (Phi) is 4.52. The zero-order valence-electron chi connectivity index (χ0n) is 10.7. The molecule has 0 bridgehead atoms. The van der Waals surface area contributed by atoms with Crippen LogP contribution >= 0.6 is 0 Å². The van der Waals surface area contributed by atoms with Gasteiger partial charge in [-0.1, -0.05) is 6.92 Å². The minimum atomic E-state index is -1.10. The van der Waals surface area contributed by atoms with Crippen LogP contribution in [-0.4, -0.2) is 54.2 Å². The highest BCUT2D eigenvalue weighted by molar-refractivity contribution is 5.83. The molecule has 7 heteroatoms. The van der Waals surface area contributed by atoms with Gasteiger partial charge in [0, 0.05) is 13.1 Å². The molecule has 1 heterocycles. The molecule has 2 N–H and O–H groups in total. The minimum Gasteiger partial charge on any atom is -0.480 e. The molecule has 3 atom stereocenters. The monoisotopic (exact) mass is 258 g/mol. The predicted molar refractivity (Wildman–Crippen MR) is 61.9 cm³/mol. The number of nitrogens with one attached hydrogen (secondary N) is 1. The SMILES string of the molecule is COC(=O)C1CN(C(=O)NC(C)C(=O)O)CC1C. The Bertz CT molecular complexity index is 357. The second-order valence-corrected chi connectivity index (χ2v) is 4.52. The highest BCUT2D eigenvalue weighted by Gasteiger charge is 2.38. The summed E-state index contributed by atoms with van der Waals surface area (Å²) < 4.78 is 4.66. The normalized spacial score (nSPS) is 24.5. The van der Waals surface area contributed by atoms with Crippen molar-refractivity contribution >= 4 is 18.0 Å². The molecule has 3 unspecified atom stereocenters. The van der Waals surface area contributed by atoms with Gasteiger partial charge in [-0.05, 0) is 12.8 Å². The summed E-state index contributed by atoms with van der Waals surface area (Å²) in [5.41, 5.74) is 0. The summed E-state index contributed by atoms with van der Waals surface area (Å²) in [5, 5.41) is 11.1. The van der Waals surface area contributed by atoms with Gasteiger partial charge in [-0.15, -0.1) is 0 Å². The quantitative estimate of drug-likeness (QED) is 0.690. The molecule has 0 spiro atoms. The summed E-state index contributed by atoms with van der Waals surface area (Å²) in [6, 6.07) is -1.42. The molecule has 0 aliphatic carbocycles. The predicted octanol–water partition coefficient (Wildman–Crippen LogP) is -0.0900. The van der Waals surface area contributed by atoms with Crippen LogP contribution in [-0.2, 0) is 14.3 Å². The van der Waals surface area contributed by atoms with Crippen molar-refractivity contribution < 1.29 is 24.2 Å². The molecular formula is C11H18N2O5. The van der Waals surface area contributed by atoms with Gasteiger partial charge in [-0.25, -0.2) is 4.79 Å². The van der Waals surface area contributed by atoms with Crippen LogP contribution in [0, 0.1) is 11.8 Å². The number of carbonyl (C=O) groups excluding carboxylic acids is 2. The molecule has 1 fully saturated rings. The fourth-order valence-corrected chi connectivity index (χ4v) is 1.93. The van der Waals surface area contributed by atoms with Crippen molar-refractivity contribution in [3.05, 3.63) is 0 Å². The lowest BCUT2D eigenvalue weighted by Gasteiger charge is -2.18. The van der Waals surface area contributed by atoms with Crippen LogP contribution in [0.25, 0.3) is 0 Å². The van der Waals surface area contributed by atoms with Crippen molar-refractivity contribution in [2.45, 2.75) is 19.9 Å². The number of methoxy groups -OCH3 is 1. The summed E-state index contributed by atoms with van der Waals surface area (Å²) in [6.45, 7) is 3.91. The first-order chi connectivity index (χ1) is 8.36. The molecule has 0 aromatic carbocycles. The molecule has 2 amide bonds. The lowest BCUT2D eigenvalue weighted by molar-refractivity contribution is -0.146. The van der Waals surface area contributed by atoms with E-state index in [-0.39, 0.29) is 24.3 Å². The number of likely N-dealkylation sites (tertiary alicyclic amines) is 1. The van der Waals surface area contributed by atoms with Crippen LogP contribution in [0.5, 0.6) is 0 Å². The number of hydrogen-bond acceptors (Lipinski definition) is 4. The number of hydrogen-bond donors (Lipinski definition) is 2. The molecule has 0 radical (unpaired) electrons. The van der Waals surface area contributed by atoms with E-state index in [9.17, 15) is 14.4 Å². The second-order valence-electron chi connectivity index (χ2n) is 4.52. The number of carbonyl (C=O) groups is 3. The average molecular weight is 258 g/mol. The smallest absolute Gasteiger partial charge is 0.325 e. The van der Waals surface area contributed by atoms with Gasteiger partial charge in [-0.3, -0.25) is 9.59 Å². The number of amides is 2. The fraction of sp³-hybridized carbons (Fsp3) is 0.727. The molecule has 0 aromatic rings. The van der Waals surface area contributed by atoms with Crippen LogP contribution in [0.1, 0.15) is 13.8 Å². The number of urea groups is 1. The first-order valence-corrected chi connectivity index (χ1v) is 5.72. The van der Waals surface area contributed by atoms with Crippen molar-refractivity contribution in [2.75, 3.05) is 20.2 Å².